The number of amides is 1. The monoisotopic (exact) mass is 192 g/mol. The van der Waals surface area contributed by atoms with Crippen LogP contribution < -0.4 is 10.6 Å². The van der Waals surface area contributed by atoms with Gasteiger partial charge in [-0.05, 0) is 18.6 Å². The van der Waals surface area contributed by atoms with Gasteiger partial charge in [0.15, 0.2) is 0 Å². The van der Waals surface area contributed by atoms with Crippen LogP contribution in [0.25, 0.3) is 0 Å². The van der Waals surface area contributed by atoms with Crippen LogP contribution in [0, 0.1) is 0 Å². The van der Waals surface area contributed by atoms with Crippen molar-refractivity contribution in [3.8, 4) is 0 Å². The first-order valence-corrected chi connectivity index (χ1v) is 4.65. The quantitative estimate of drug-likeness (QED) is 0.700. The molecule has 74 valence electrons. The minimum Gasteiger partial charge on any atom is -0.364 e. The van der Waals surface area contributed by atoms with Gasteiger partial charge in [-0.15, -0.1) is 5.10 Å². The maximum atomic E-state index is 10.9. The van der Waals surface area contributed by atoms with Crippen molar-refractivity contribution >= 4 is 11.7 Å². The summed E-state index contributed by atoms with van der Waals surface area (Å²) >= 11 is 0. The van der Waals surface area contributed by atoms with Gasteiger partial charge in [-0.1, -0.05) is 0 Å². The topological polar surface area (TPSA) is 66.9 Å². The summed E-state index contributed by atoms with van der Waals surface area (Å²) in [6.07, 6.45) is 3.06. The van der Waals surface area contributed by atoms with E-state index in [1.807, 2.05) is 12.1 Å². The third-order valence-corrected chi connectivity index (χ3v) is 2.19. The molecule has 14 heavy (non-hydrogen) atoms. The number of nitrogens with one attached hydrogen (secondary N) is 2. The summed E-state index contributed by atoms with van der Waals surface area (Å²) in [7, 11) is 0. The van der Waals surface area contributed by atoms with E-state index in [2.05, 4.69) is 20.8 Å². The molecule has 2 heterocycles. The third-order valence-electron chi connectivity index (χ3n) is 2.19. The lowest BCUT2D eigenvalue weighted by Gasteiger charge is -2.23. The second-order valence-corrected chi connectivity index (χ2v) is 3.29. The van der Waals surface area contributed by atoms with Crippen LogP contribution in [0.15, 0.2) is 18.3 Å². The number of hydrogen-bond acceptors (Lipinski definition) is 4. The first-order chi connectivity index (χ1) is 6.84. The van der Waals surface area contributed by atoms with Crippen LogP contribution in [0.5, 0.6) is 0 Å². The van der Waals surface area contributed by atoms with Gasteiger partial charge < -0.3 is 10.6 Å². The van der Waals surface area contributed by atoms with E-state index in [1.54, 1.807) is 6.20 Å². The van der Waals surface area contributed by atoms with Crippen LogP contribution in [0.2, 0.25) is 0 Å². The molecule has 2 rings (SSSR count). The molecule has 1 aliphatic heterocycles. The zero-order valence-corrected chi connectivity index (χ0v) is 7.73. The predicted octanol–water partition coefficient (Wildman–Crippen LogP) is 0.167. The molecule has 1 amide bonds. The first kappa shape index (κ1) is 8.93. The molecule has 0 aliphatic carbocycles. The molecule has 1 atom stereocenters. The van der Waals surface area contributed by atoms with Crippen molar-refractivity contribution in [2.45, 2.75) is 18.9 Å². The van der Waals surface area contributed by atoms with E-state index in [4.69, 9.17) is 0 Å². The summed E-state index contributed by atoms with van der Waals surface area (Å²) in [6, 6.07) is 3.96. The number of carbonyl (C=O) groups is 1. The zero-order valence-electron chi connectivity index (χ0n) is 7.73. The molecule has 0 bridgehead atoms. The summed E-state index contributed by atoms with van der Waals surface area (Å²) in [5, 5.41) is 13.7. The maximum absolute atomic E-state index is 10.9. The van der Waals surface area contributed by atoms with Gasteiger partial charge in [0.25, 0.3) is 0 Å². The molecule has 0 saturated carbocycles. The van der Waals surface area contributed by atoms with Crippen LogP contribution in [-0.4, -0.2) is 28.7 Å². The van der Waals surface area contributed by atoms with Gasteiger partial charge >= 0.3 is 0 Å². The van der Waals surface area contributed by atoms with E-state index in [0.717, 1.165) is 12.2 Å². The Morgan fingerprint density at radius 3 is 3.14 bits per heavy atom. The second-order valence-electron chi connectivity index (χ2n) is 3.29. The van der Waals surface area contributed by atoms with Crippen molar-refractivity contribution in [3.63, 3.8) is 0 Å². The van der Waals surface area contributed by atoms with Crippen molar-refractivity contribution in [2.24, 2.45) is 0 Å². The van der Waals surface area contributed by atoms with Crippen molar-refractivity contribution in [1.82, 2.24) is 15.5 Å². The molecule has 1 aromatic rings. The Balaban J connectivity index is 1.89. The normalized spacial score (nSPS) is 21.4. The largest absolute Gasteiger partial charge is 0.364 e. The van der Waals surface area contributed by atoms with Gasteiger partial charge in [0.05, 0.1) is 0 Å². The molecule has 1 aromatic heterocycles. The summed E-state index contributed by atoms with van der Waals surface area (Å²) in [4.78, 5) is 10.9. The summed E-state index contributed by atoms with van der Waals surface area (Å²) in [6.45, 7) is 0.662. The van der Waals surface area contributed by atoms with E-state index in [9.17, 15) is 4.79 Å². The molecule has 0 radical (unpaired) electrons. The standard InChI is InChI=1S/C9H12N4O/c14-9-4-3-7(6-10-9)12-8-2-1-5-11-13-8/h1-2,5,7H,3-4,6H2,(H,10,14)(H,12,13). The van der Waals surface area contributed by atoms with Crippen molar-refractivity contribution in [1.29, 1.82) is 0 Å². The number of carbonyl (C=O) groups excluding carboxylic acids is 1. The fraction of sp³-hybridized carbons (Fsp3) is 0.444. The molecule has 1 saturated heterocycles. The van der Waals surface area contributed by atoms with Crippen LogP contribution in [0.1, 0.15) is 12.8 Å². The number of hydrogen-bond donors (Lipinski definition) is 2. The van der Waals surface area contributed by atoms with Gasteiger partial charge in [0.2, 0.25) is 5.91 Å². The Morgan fingerprint density at radius 1 is 1.57 bits per heavy atom. The number of piperidine rings is 1. The fourth-order valence-electron chi connectivity index (χ4n) is 1.44. The first-order valence-electron chi connectivity index (χ1n) is 4.65. The number of anilines is 1. The lowest BCUT2D eigenvalue weighted by atomic mass is 10.1. The highest BCUT2D eigenvalue weighted by Gasteiger charge is 2.17. The SMILES string of the molecule is O=C1CCC(Nc2cccnn2)CN1. The molecule has 1 fully saturated rings. The summed E-state index contributed by atoms with van der Waals surface area (Å²) < 4.78 is 0. The molecule has 1 aliphatic rings. The maximum Gasteiger partial charge on any atom is 0.220 e. The third kappa shape index (κ3) is 2.18. The summed E-state index contributed by atoms with van der Waals surface area (Å²) in [5.41, 5.74) is 0. The van der Waals surface area contributed by atoms with E-state index in [0.29, 0.717) is 13.0 Å². The number of nitrogens with zero attached hydrogens (tertiary/aromatic N) is 2. The van der Waals surface area contributed by atoms with Gasteiger partial charge in [0.1, 0.15) is 5.82 Å². The van der Waals surface area contributed by atoms with Gasteiger partial charge in [-0.3, -0.25) is 4.79 Å². The lowest BCUT2D eigenvalue weighted by Crippen LogP contribution is -2.42. The van der Waals surface area contributed by atoms with E-state index < -0.39 is 0 Å². The van der Waals surface area contributed by atoms with Crippen LogP contribution in [0.3, 0.4) is 0 Å². The zero-order chi connectivity index (χ0) is 9.80. The predicted molar refractivity (Wildman–Crippen MR) is 51.7 cm³/mol. The van der Waals surface area contributed by atoms with Gasteiger partial charge in [0, 0.05) is 25.2 Å². The molecule has 1 unspecified atom stereocenters. The molecule has 5 nitrogen and oxygen atoms in total. The van der Waals surface area contributed by atoms with Crippen molar-refractivity contribution in [3.05, 3.63) is 18.3 Å². The van der Waals surface area contributed by atoms with Gasteiger partial charge in [-0.25, -0.2) is 0 Å². The Morgan fingerprint density at radius 2 is 2.50 bits per heavy atom. The van der Waals surface area contributed by atoms with E-state index in [-0.39, 0.29) is 11.9 Å². The van der Waals surface area contributed by atoms with Crippen LogP contribution >= 0.6 is 0 Å². The van der Waals surface area contributed by atoms with Crippen LogP contribution in [-0.2, 0) is 4.79 Å². The smallest absolute Gasteiger partial charge is 0.220 e. The summed E-state index contributed by atoms with van der Waals surface area (Å²) in [5.74, 6) is 0.885. The highest BCUT2D eigenvalue weighted by Crippen LogP contribution is 2.08. The van der Waals surface area contributed by atoms with E-state index >= 15 is 0 Å². The molecule has 5 heteroatoms. The molecule has 2 N–H and O–H groups in total. The molecular formula is C9H12N4O. The van der Waals surface area contributed by atoms with Crippen molar-refractivity contribution < 1.29 is 4.79 Å². The molecule has 0 spiro atoms. The minimum absolute atomic E-state index is 0.127. The Hall–Kier alpha value is -1.65. The lowest BCUT2D eigenvalue weighted by molar-refractivity contribution is -0.122. The Bertz CT molecular complexity index is 304. The molecule has 0 aromatic carbocycles. The second kappa shape index (κ2) is 4.04. The van der Waals surface area contributed by atoms with Crippen LogP contribution in [0.4, 0.5) is 5.82 Å². The highest BCUT2D eigenvalue weighted by molar-refractivity contribution is 5.76. The number of rotatable bonds is 2. The Labute approximate surface area is 81.9 Å². The van der Waals surface area contributed by atoms with Gasteiger partial charge in [-0.2, -0.15) is 5.10 Å². The van der Waals surface area contributed by atoms with Crippen molar-refractivity contribution in [2.75, 3.05) is 11.9 Å². The molecular weight excluding hydrogens is 180 g/mol. The Kier molecular flexibility index (Phi) is 2.58. The fourth-order valence-corrected chi connectivity index (χ4v) is 1.44. The van der Waals surface area contributed by atoms with E-state index in [1.165, 1.54) is 0 Å². The highest BCUT2D eigenvalue weighted by atomic mass is 16.1. The minimum atomic E-state index is 0.127. The number of aromatic nitrogens is 2. The average Bonchev–Trinajstić information content (AvgIpc) is 2.23. The average molecular weight is 192 g/mol.